The fourth-order valence-corrected chi connectivity index (χ4v) is 3.65. The minimum absolute atomic E-state index is 0.0269. The van der Waals surface area contributed by atoms with Crippen molar-refractivity contribution in [2.24, 2.45) is 0 Å². The van der Waals surface area contributed by atoms with Crippen LogP contribution in [-0.2, 0) is 20.3 Å². The summed E-state index contributed by atoms with van der Waals surface area (Å²) in [5.41, 5.74) is 1.03. The van der Waals surface area contributed by atoms with Gasteiger partial charge in [0.2, 0.25) is 0 Å². The molecule has 4 rings (SSSR count). The number of amides is 2. The summed E-state index contributed by atoms with van der Waals surface area (Å²) in [6.45, 7) is 4.75. The van der Waals surface area contributed by atoms with E-state index in [4.69, 9.17) is 13.8 Å². The highest BCUT2D eigenvalue weighted by Crippen LogP contribution is 2.27. The molecule has 0 unspecified atom stereocenters. The monoisotopic (exact) mass is 596 g/mol. The van der Waals surface area contributed by atoms with Gasteiger partial charge in [-0.1, -0.05) is 17.3 Å². The molecule has 4 N–H and O–H groups in total. The SMILES string of the molecule is CC(CF)(CF)c1cc(NC(=O)Nc2ccc(-c3ccc(NCCN4CCOCC4)nc3)cc2)no1.CS(=O)(=O)O. The van der Waals surface area contributed by atoms with Crippen LogP contribution < -0.4 is 16.0 Å². The number of nitrogens with one attached hydrogen (secondary N) is 3. The van der Waals surface area contributed by atoms with Crippen LogP contribution >= 0.6 is 0 Å². The molecule has 1 aliphatic rings. The Hall–Kier alpha value is -3.66. The number of halogens is 2. The lowest BCUT2D eigenvalue weighted by Gasteiger charge is -2.26. The Bertz CT molecular complexity index is 1340. The number of alkyl halides is 2. The molecular weight excluding hydrogens is 562 g/mol. The number of rotatable bonds is 10. The van der Waals surface area contributed by atoms with Crippen LogP contribution in [0.25, 0.3) is 11.1 Å². The van der Waals surface area contributed by atoms with Gasteiger partial charge >= 0.3 is 6.03 Å². The van der Waals surface area contributed by atoms with E-state index in [1.165, 1.54) is 13.0 Å². The molecule has 0 atom stereocenters. The van der Waals surface area contributed by atoms with Gasteiger partial charge in [-0.05, 0) is 36.8 Å². The second-order valence-electron chi connectivity index (χ2n) is 9.61. The number of nitrogens with zero attached hydrogens (tertiary/aromatic N) is 3. The summed E-state index contributed by atoms with van der Waals surface area (Å²) in [4.78, 5) is 19.1. The van der Waals surface area contributed by atoms with Gasteiger partial charge in [-0.2, -0.15) is 8.42 Å². The molecule has 3 heterocycles. The Labute approximate surface area is 237 Å². The zero-order valence-electron chi connectivity index (χ0n) is 22.8. The van der Waals surface area contributed by atoms with Crippen LogP contribution in [0.5, 0.6) is 0 Å². The quantitative estimate of drug-likeness (QED) is 0.254. The van der Waals surface area contributed by atoms with Crippen molar-refractivity contribution in [2.75, 3.05) is 74.9 Å². The predicted molar refractivity (Wildman–Crippen MR) is 151 cm³/mol. The molecule has 2 amide bonds. The fourth-order valence-electron chi connectivity index (χ4n) is 3.65. The van der Waals surface area contributed by atoms with E-state index in [-0.39, 0.29) is 11.6 Å². The van der Waals surface area contributed by atoms with Crippen molar-refractivity contribution in [1.29, 1.82) is 0 Å². The van der Waals surface area contributed by atoms with Crippen LogP contribution in [-0.4, -0.2) is 93.0 Å². The second kappa shape index (κ2) is 14.8. The van der Waals surface area contributed by atoms with Crippen molar-refractivity contribution in [3.05, 3.63) is 54.4 Å². The number of anilines is 3. The van der Waals surface area contributed by atoms with E-state index in [2.05, 4.69) is 31.0 Å². The normalized spacial score (nSPS) is 14.1. The van der Waals surface area contributed by atoms with Crippen molar-refractivity contribution < 1.29 is 35.8 Å². The van der Waals surface area contributed by atoms with Gasteiger partial charge < -0.3 is 19.9 Å². The highest BCUT2D eigenvalue weighted by atomic mass is 32.2. The predicted octanol–water partition coefficient (Wildman–Crippen LogP) is 3.83. The van der Waals surface area contributed by atoms with Gasteiger partial charge in [-0.25, -0.2) is 18.6 Å². The molecule has 0 saturated carbocycles. The molecule has 224 valence electrons. The first-order valence-corrected chi connectivity index (χ1v) is 14.5. The Morgan fingerprint density at radius 1 is 1.05 bits per heavy atom. The molecule has 0 aliphatic carbocycles. The third-order valence-electron chi connectivity index (χ3n) is 6.01. The molecule has 0 spiro atoms. The third kappa shape index (κ3) is 10.7. The number of ether oxygens (including phenoxy) is 1. The number of benzene rings is 1. The van der Waals surface area contributed by atoms with Crippen molar-refractivity contribution in [3.63, 3.8) is 0 Å². The molecule has 12 nitrogen and oxygen atoms in total. The zero-order valence-corrected chi connectivity index (χ0v) is 23.6. The zero-order chi connectivity index (χ0) is 29.9. The maximum atomic E-state index is 13.1. The number of hydrogen-bond donors (Lipinski definition) is 4. The summed E-state index contributed by atoms with van der Waals surface area (Å²) in [6, 6.07) is 12.0. The Kier molecular flexibility index (Phi) is 11.5. The number of carbonyl (C=O) groups is 1. The summed E-state index contributed by atoms with van der Waals surface area (Å²) >= 11 is 0. The first-order chi connectivity index (χ1) is 19.5. The number of pyridine rings is 1. The number of morpholine rings is 1. The van der Waals surface area contributed by atoms with Crippen LogP contribution in [0.15, 0.2) is 53.2 Å². The summed E-state index contributed by atoms with van der Waals surface area (Å²) in [6.07, 6.45) is 2.52. The minimum Gasteiger partial charge on any atom is -0.379 e. The lowest BCUT2D eigenvalue weighted by atomic mass is 9.91. The van der Waals surface area contributed by atoms with E-state index in [9.17, 15) is 22.0 Å². The van der Waals surface area contributed by atoms with E-state index in [0.717, 1.165) is 56.3 Å². The first kappa shape index (κ1) is 31.9. The molecule has 1 saturated heterocycles. The van der Waals surface area contributed by atoms with Crippen molar-refractivity contribution >= 4 is 33.5 Å². The minimum atomic E-state index is -3.67. The van der Waals surface area contributed by atoms with E-state index in [1.54, 1.807) is 18.3 Å². The van der Waals surface area contributed by atoms with E-state index in [0.29, 0.717) is 11.9 Å². The lowest BCUT2D eigenvalue weighted by molar-refractivity contribution is 0.0398. The van der Waals surface area contributed by atoms with E-state index < -0.39 is 34.9 Å². The Balaban J connectivity index is 0.000000850. The van der Waals surface area contributed by atoms with Crippen LogP contribution in [0.4, 0.5) is 30.9 Å². The molecule has 0 radical (unpaired) electrons. The molecule has 1 aromatic carbocycles. The number of aromatic nitrogens is 2. The standard InChI is InChI=1S/C25H30F2N6O3.CH4O3S/c1-25(16-26,17-27)21-14-23(32-36-21)31-24(34)30-20-5-2-18(3-6-20)19-4-7-22(29-15-19)28-8-9-33-10-12-35-13-11-33;1-5(2,3)4/h2-7,14-15H,8-13,16-17H2,1H3,(H,28,29)(H2,30,31,32,34);1H3,(H,2,3,4). The van der Waals surface area contributed by atoms with E-state index in [1.807, 2.05) is 24.3 Å². The Morgan fingerprint density at radius 3 is 2.27 bits per heavy atom. The number of urea groups is 1. The average molecular weight is 597 g/mol. The molecule has 41 heavy (non-hydrogen) atoms. The highest BCUT2D eigenvalue weighted by molar-refractivity contribution is 7.85. The van der Waals surface area contributed by atoms with Crippen molar-refractivity contribution in [1.82, 2.24) is 15.0 Å². The summed E-state index contributed by atoms with van der Waals surface area (Å²) in [7, 11) is -3.67. The molecule has 2 aromatic heterocycles. The lowest BCUT2D eigenvalue weighted by Crippen LogP contribution is -2.39. The van der Waals surface area contributed by atoms with Gasteiger partial charge in [-0.3, -0.25) is 14.8 Å². The maximum absolute atomic E-state index is 13.1. The summed E-state index contributed by atoms with van der Waals surface area (Å²) in [5, 5.41) is 12.2. The third-order valence-corrected chi connectivity index (χ3v) is 6.01. The van der Waals surface area contributed by atoms with Crippen LogP contribution in [0.2, 0.25) is 0 Å². The maximum Gasteiger partial charge on any atom is 0.324 e. The van der Waals surface area contributed by atoms with E-state index >= 15 is 0 Å². The largest absolute Gasteiger partial charge is 0.379 e. The van der Waals surface area contributed by atoms with Crippen molar-refractivity contribution in [2.45, 2.75) is 12.3 Å². The van der Waals surface area contributed by atoms with Gasteiger partial charge in [0.05, 0.1) is 24.9 Å². The number of hydrogen-bond acceptors (Lipinski definition) is 9. The van der Waals surface area contributed by atoms with Crippen molar-refractivity contribution in [3.8, 4) is 11.1 Å². The molecular formula is C26H34F2N6O6S. The Morgan fingerprint density at radius 2 is 1.68 bits per heavy atom. The highest BCUT2D eigenvalue weighted by Gasteiger charge is 2.32. The van der Waals surface area contributed by atoms with Gasteiger partial charge in [0.25, 0.3) is 10.1 Å². The van der Waals surface area contributed by atoms with Gasteiger partial charge in [0, 0.05) is 49.7 Å². The van der Waals surface area contributed by atoms with Crippen LogP contribution in [0.3, 0.4) is 0 Å². The molecule has 15 heteroatoms. The van der Waals surface area contributed by atoms with Gasteiger partial charge in [0.1, 0.15) is 24.9 Å². The van der Waals surface area contributed by atoms with Gasteiger partial charge in [0.15, 0.2) is 5.82 Å². The average Bonchev–Trinajstić information content (AvgIpc) is 3.42. The molecule has 3 aromatic rings. The smallest absolute Gasteiger partial charge is 0.324 e. The number of carbonyl (C=O) groups excluding carboxylic acids is 1. The molecule has 1 aliphatic heterocycles. The summed E-state index contributed by atoms with van der Waals surface area (Å²) < 4.78 is 62.5. The van der Waals surface area contributed by atoms with Crippen LogP contribution in [0, 0.1) is 0 Å². The topological polar surface area (TPSA) is 159 Å². The fraction of sp³-hybridized carbons (Fsp3) is 0.423. The van der Waals surface area contributed by atoms with Crippen LogP contribution in [0.1, 0.15) is 12.7 Å². The second-order valence-corrected chi connectivity index (χ2v) is 11.1. The molecule has 0 bridgehead atoms. The summed E-state index contributed by atoms with van der Waals surface area (Å²) in [5.74, 6) is 0.910. The molecule has 1 fully saturated rings. The first-order valence-electron chi connectivity index (χ1n) is 12.7. The van der Waals surface area contributed by atoms with Gasteiger partial charge in [-0.15, -0.1) is 0 Å².